The molecule has 0 saturated heterocycles. The molecule has 0 aliphatic rings. The minimum atomic E-state index is -1.09. The van der Waals surface area contributed by atoms with Gasteiger partial charge in [-0.05, 0) is 43.3 Å². The van der Waals surface area contributed by atoms with Crippen LogP contribution >= 0.6 is 23.2 Å². The number of halogens is 3. The number of rotatable bonds is 7. The van der Waals surface area contributed by atoms with Crippen molar-refractivity contribution in [3.63, 3.8) is 0 Å². The molecule has 27 heavy (non-hydrogen) atoms. The standard InChI is InChI=1S/C19H16Cl2FNO4/c1-11(19(26)23-15-4-2-3-14(20)18(15)21)27-17(25)10-9-16(24)12-5-7-13(22)8-6-12/h2-8,11H,9-10H2,1H3,(H,23,26). The number of esters is 1. The number of ether oxygens (including phenoxy) is 1. The number of hydrogen-bond acceptors (Lipinski definition) is 4. The number of carbonyl (C=O) groups excluding carboxylic acids is 3. The Balaban J connectivity index is 1.83. The molecular weight excluding hydrogens is 396 g/mol. The quantitative estimate of drug-likeness (QED) is 0.530. The summed E-state index contributed by atoms with van der Waals surface area (Å²) in [7, 11) is 0. The first-order valence-corrected chi connectivity index (χ1v) is 8.76. The Labute approximate surface area is 165 Å². The maximum atomic E-state index is 12.8. The summed E-state index contributed by atoms with van der Waals surface area (Å²) >= 11 is 11.9. The van der Waals surface area contributed by atoms with Gasteiger partial charge in [-0.25, -0.2) is 4.39 Å². The molecule has 1 N–H and O–H groups in total. The van der Waals surface area contributed by atoms with Crippen molar-refractivity contribution in [3.05, 3.63) is 63.9 Å². The molecule has 0 aromatic heterocycles. The predicted molar refractivity (Wildman–Crippen MR) is 101 cm³/mol. The van der Waals surface area contributed by atoms with Gasteiger partial charge in [0.1, 0.15) is 5.82 Å². The van der Waals surface area contributed by atoms with Crippen molar-refractivity contribution in [2.24, 2.45) is 0 Å². The fourth-order valence-corrected chi connectivity index (χ4v) is 2.49. The zero-order valence-electron chi connectivity index (χ0n) is 14.3. The highest BCUT2D eigenvalue weighted by atomic mass is 35.5. The lowest BCUT2D eigenvalue weighted by molar-refractivity contribution is -0.153. The highest BCUT2D eigenvalue weighted by Crippen LogP contribution is 2.29. The lowest BCUT2D eigenvalue weighted by atomic mass is 10.1. The van der Waals surface area contributed by atoms with E-state index in [1.807, 2.05) is 0 Å². The van der Waals surface area contributed by atoms with Gasteiger partial charge in [0.15, 0.2) is 11.9 Å². The second-order valence-electron chi connectivity index (χ2n) is 5.65. The van der Waals surface area contributed by atoms with Crippen LogP contribution in [0.25, 0.3) is 0 Å². The van der Waals surface area contributed by atoms with E-state index < -0.39 is 23.8 Å². The van der Waals surface area contributed by atoms with Crippen LogP contribution in [0.3, 0.4) is 0 Å². The average molecular weight is 412 g/mol. The number of Topliss-reactive ketones (excluding diaryl/α,β-unsaturated/α-hetero) is 1. The average Bonchev–Trinajstić information content (AvgIpc) is 2.64. The van der Waals surface area contributed by atoms with E-state index in [2.05, 4.69) is 5.32 Å². The molecule has 0 bridgehead atoms. The Bertz CT molecular complexity index is 855. The predicted octanol–water partition coefficient (Wildman–Crippen LogP) is 4.67. The highest BCUT2D eigenvalue weighted by molar-refractivity contribution is 6.44. The van der Waals surface area contributed by atoms with Crippen molar-refractivity contribution in [3.8, 4) is 0 Å². The summed E-state index contributed by atoms with van der Waals surface area (Å²) in [6.07, 6.45) is -1.40. The van der Waals surface area contributed by atoms with E-state index in [9.17, 15) is 18.8 Å². The van der Waals surface area contributed by atoms with Gasteiger partial charge < -0.3 is 10.1 Å². The third-order valence-corrected chi connectivity index (χ3v) is 4.43. The summed E-state index contributed by atoms with van der Waals surface area (Å²) in [5.74, 6) is -2.07. The van der Waals surface area contributed by atoms with Crippen LogP contribution < -0.4 is 5.32 Å². The van der Waals surface area contributed by atoms with Gasteiger partial charge >= 0.3 is 5.97 Å². The van der Waals surface area contributed by atoms with Gasteiger partial charge in [0.25, 0.3) is 5.91 Å². The van der Waals surface area contributed by atoms with Gasteiger partial charge in [-0.2, -0.15) is 0 Å². The van der Waals surface area contributed by atoms with Crippen LogP contribution in [-0.4, -0.2) is 23.8 Å². The minimum Gasteiger partial charge on any atom is -0.453 e. The molecule has 2 aromatic carbocycles. The van der Waals surface area contributed by atoms with E-state index in [0.29, 0.717) is 11.3 Å². The molecule has 2 rings (SSSR count). The zero-order chi connectivity index (χ0) is 20.0. The molecule has 0 radical (unpaired) electrons. The first-order valence-electron chi connectivity index (χ1n) is 8.01. The number of nitrogens with one attached hydrogen (secondary N) is 1. The van der Waals surface area contributed by atoms with E-state index in [-0.39, 0.29) is 28.7 Å². The van der Waals surface area contributed by atoms with Crippen LogP contribution in [-0.2, 0) is 14.3 Å². The van der Waals surface area contributed by atoms with Crippen molar-refractivity contribution in [1.29, 1.82) is 0 Å². The third-order valence-electron chi connectivity index (χ3n) is 3.61. The molecule has 0 aliphatic carbocycles. The molecular formula is C19H16Cl2FNO4. The maximum Gasteiger partial charge on any atom is 0.307 e. The van der Waals surface area contributed by atoms with E-state index in [0.717, 1.165) is 0 Å². The first-order chi connectivity index (χ1) is 12.8. The summed E-state index contributed by atoms with van der Waals surface area (Å²) in [6.45, 7) is 1.40. The number of carbonyl (C=O) groups is 3. The Morgan fingerprint density at radius 1 is 1.07 bits per heavy atom. The van der Waals surface area contributed by atoms with E-state index in [1.165, 1.54) is 31.2 Å². The molecule has 1 amide bonds. The Kier molecular flexibility index (Phi) is 7.33. The van der Waals surface area contributed by atoms with Gasteiger partial charge in [0, 0.05) is 12.0 Å². The fourth-order valence-electron chi connectivity index (χ4n) is 2.14. The van der Waals surface area contributed by atoms with Crippen LogP contribution in [0.2, 0.25) is 10.0 Å². The molecule has 2 aromatic rings. The second kappa shape index (κ2) is 9.48. The zero-order valence-corrected chi connectivity index (χ0v) is 15.8. The second-order valence-corrected chi connectivity index (χ2v) is 6.44. The van der Waals surface area contributed by atoms with Crippen molar-refractivity contribution in [1.82, 2.24) is 0 Å². The summed E-state index contributed by atoms with van der Waals surface area (Å²) < 4.78 is 17.9. The van der Waals surface area contributed by atoms with Gasteiger partial charge in [-0.15, -0.1) is 0 Å². The van der Waals surface area contributed by atoms with Gasteiger partial charge in [0.2, 0.25) is 0 Å². The smallest absolute Gasteiger partial charge is 0.307 e. The molecule has 0 saturated carbocycles. The number of ketones is 1. The molecule has 0 heterocycles. The first kappa shape index (κ1) is 20.9. The third kappa shape index (κ3) is 6.05. The number of benzene rings is 2. The highest BCUT2D eigenvalue weighted by Gasteiger charge is 2.20. The monoisotopic (exact) mass is 411 g/mol. The molecule has 142 valence electrons. The van der Waals surface area contributed by atoms with Crippen LogP contribution in [0.15, 0.2) is 42.5 Å². The lowest BCUT2D eigenvalue weighted by Crippen LogP contribution is -2.30. The Hall–Kier alpha value is -2.44. The van der Waals surface area contributed by atoms with Crippen molar-refractivity contribution in [2.75, 3.05) is 5.32 Å². The number of amides is 1. The molecule has 0 aliphatic heterocycles. The molecule has 8 heteroatoms. The topological polar surface area (TPSA) is 72.5 Å². The molecule has 5 nitrogen and oxygen atoms in total. The minimum absolute atomic E-state index is 0.112. The largest absolute Gasteiger partial charge is 0.453 e. The summed E-state index contributed by atoms with van der Waals surface area (Å²) in [4.78, 5) is 35.9. The molecule has 0 fully saturated rings. The van der Waals surface area contributed by atoms with Gasteiger partial charge in [0.05, 0.1) is 22.2 Å². The Morgan fingerprint density at radius 2 is 1.74 bits per heavy atom. The SMILES string of the molecule is CC(OC(=O)CCC(=O)c1ccc(F)cc1)C(=O)Nc1cccc(Cl)c1Cl. The summed E-state index contributed by atoms with van der Waals surface area (Å²) in [5, 5.41) is 2.97. The van der Waals surface area contributed by atoms with Crippen molar-refractivity contribution < 1.29 is 23.5 Å². The Morgan fingerprint density at radius 3 is 2.41 bits per heavy atom. The van der Waals surface area contributed by atoms with E-state index in [1.54, 1.807) is 18.2 Å². The van der Waals surface area contributed by atoms with Gasteiger partial charge in [-0.1, -0.05) is 29.3 Å². The lowest BCUT2D eigenvalue weighted by Gasteiger charge is -2.14. The summed E-state index contributed by atoms with van der Waals surface area (Å²) in [6, 6.07) is 9.75. The fraction of sp³-hybridized carbons (Fsp3) is 0.211. The van der Waals surface area contributed by atoms with Gasteiger partial charge in [-0.3, -0.25) is 14.4 Å². The normalized spacial score (nSPS) is 11.6. The van der Waals surface area contributed by atoms with Crippen molar-refractivity contribution >= 4 is 46.5 Å². The molecule has 0 spiro atoms. The van der Waals surface area contributed by atoms with Crippen LogP contribution in [0.1, 0.15) is 30.1 Å². The van der Waals surface area contributed by atoms with Crippen LogP contribution in [0, 0.1) is 5.82 Å². The number of hydrogen-bond donors (Lipinski definition) is 1. The van der Waals surface area contributed by atoms with Crippen LogP contribution in [0.5, 0.6) is 0 Å². The van der Waals surface area contributed by atoms with Crippen molar-refractivity contribution in [2.45, 2.75) is 25.9 Å². The summed E-state index contributed by atoms with van der Waals surface area (Å²) in [5.41, 5.74) is 0.592. The van der Waals surface area contributed by atoms with Crippen LogP contribution in [0.4, 0.5) is 10.1 Å². The molecule has 1 atom stereocenters. The van der Waals surface area contributed by atoms with E-state index >= 15 is 0 Å². The van der Waals surface area contributed by atoms with E-state index in [4.69, 9.17) is 27.9 Å². The molecule has 1 unspecified atom stereocenters. The number of anilines is 1. The maximum absolute atomic E-state index is 12.8.